The van der Waals surface area contributed by atoms with Crippen LogP contribution < -0.4 is 10.2 Å². The molecule has 0 aliphatic heterocycles. The number of pyridine rings is 1. The number of benzene rings is 1. The Morgan fingerprint density at radius 1 is 1.13 bits per heavy atom. The number of hydrogen-bond acceptors (Lipinski definition) is 3. The van der Waals surface area contributed by atoms with Crippen molar-refractivity contribution in [1.82, 2.24) is 14.7 Å². The number of nitrogens with zero attached hydrogens (tertiary/aromatic N) is 3. The Labute approximate surface area is 182 Å². The number of halogens is 4. The van der Waals surface area contributed by atoms with E-state index < -0.39 is 11.9 Å². The molecule has 2 aromatic heterocycles. The van der Waals surface area contributed by atoms with E-state index in [1.54, 1.807) is 42.5 Å². The van der Waals surface area contributed by atoms with Gasteiger partial charge in [0.05, 0.1) is 10.6 Å². The lowest BCUT2D eigenvalue weighted by atomic mass is 9.90. The number of fused-ring (bicyclic) bond motifs is 1. The molecule has 0 unspecified atom stereocenters. The third kappa shape index (κ3) is 4.49. The van der Waals surface area contributed by atoms with Gasteiger partial charge in [0.2, 0.25) is 0 Å². The van der Waals surface area contributed by atoms with Gasteiger partial charge in [-0.25, -0.2) is 4.98 Å². The van der Waals surface area contributed by atoms with Gasteiger partial charge in [0.15, 0.2) is 5.69 Å². The van der Waals surface area contributed by atoms with Crippen LogP contribution in [0.4, 0.5) is 19.0 Å². The Balaban J connectivity index is 1.43. The highest BCUT2D eigenvalue weighted by atomic mass is 35.5. The van der Waals surface area contributed by atoms with Crippen LogP contribution in [-0.2, 0) is 6.18 Å². The molecule has 5 nitrogen and oxygen atoms in total. The van der Waals surface area contributed by atoms with Crippen molar-refractivity contribution in [1.29, 1.82) is 0 Å². The largest absolute Gasteiger partial charge is 0.434 e. The number of carbonyl (C=O) groups is 1. The lowest BCUT2D eigenvalue weighted by molar-refractivity contribution is -0.140. The normalized spacial score (nSPS) is 19.4. The number of alkyl halides is 3. The van der Waals surface area contributed by atoms with E-state index >= 15 is 0 Å². The number of nitrogens with one attached hydrogen (secondary N) is 1. The molecule has 1 N–H and O–H groups in total. The minimum atomic E-state index is -4.49. The van der Waals surface area contributed by atoms with Crippen molar-refractivity contribution in [2.24, 2.45) is 0 Å². The average molecular weight is 451 g/mol. The number of carbonyl (C=O) groups excluding carboxylic acids is 1. The second-order valence-electron chi connectivity index (χ2n) is 7.81. The predicted octanol–water partition coefficient (Wildman–Crippen LogP) is 5.18. The number of aromatic nitrogens is 2. The van der Waals surface area contributed by atoms with Gasteiger partial charge in [0.25, 0.3) is 5.91 Å². The van der Waals surface area contributed by atoms with Gasteiger partial charge in [-0.3, -0.25) is 9.20 Å². The standard InChI is InChI=1S/C22H22ClF3N4O/c1-29(20-8-4-7-19-28-18(13-30(19)20)22(24,25)26)15-11-9-14(10-12-15)27-21(31)16-5-2-3-6-17(16)23/h2-8,13-15H,9-12H2,1H3,(H,27,31)/t14-,15+. The minimum Gasteiger partial charge on any atom is -0.358 e. The third-order valence-corrected chi connectivity index (χ3v) is 6.15. The molecule has 1 aliphatic rings. The Morgan fingerprint density at radius 3 is 2.52 bits per heavy atom. The van der Waals surface area contributed by atoms with Crippen molar-refractivity contribution >= 4 is 29.0 Å². The fourth-order valence-corrected chi connectivity index (χ4v) is 4.34. The van der Waals surface area contributed by atoms with E-state index in [0.717, 1.165) is 31.9 Å². The van der Waals surface area contributed by atoms with Crippen LogP contribution in [0.1, 0.15) is 41.7 Å². The van der Waals surface area contributed by atoms with E-state index in [2.05, 4.69) is 10.3 Å². The summed E-state index contributed by atoms with van der Waals surface area (Å²) < 4.78 is 40.7. The van der Waals surface area contributed by atoms with Crippen LogP contribution in [0.5, 0.6) is 0 Å². The van der Waals surface area contributed by atoms with Crippen LogP contribution in [0.15, 0.2) is 48.7 Å². The maximum Gasteiger partial charge on any atom is 0.434 e. The second kappa shape index (κ2) is 8.42. The molecule has 0 atom stereocenters. The van der Waals surface area contributed by atoms with E-state index in [4.69, 9.17) is 11.6 Å². The molecule has 3 aromatic rings. The number of rotatable bonds is 4. The van der Waals surface area contributed by atoms with Gasteiger partial charge in [-0.15, -0.1) is 0 Å². The van der Waals surface area contributed by atoms with Crippen molar-refractivity contribution in [3.63, 3.8) is 0 Å². The van der Waals surface area contributed by atoms with E-state index in [-0.39, 0.29) is 23.6 Å². The first-order valence-electron chi connectivity index (χ1n) is 10.1. The molecule has 0 radical (unpaired) electrons. The first-order valence-corrected chi connectivity index (χ1v) is 10.5. The molecule has 4 rings (SSSR count). The second-order valence-corrected chi connectivity index (χ2v) is 8.21. The van der Waals surface area contributed by atoms with Crippen molar-refractivity contribution < 1.29 is 18.0 Å². The molecule has 164 valence electrons. The Kier molecular flexibility index (Phi) is 5.83. The summed E-state index contributed by atoms with van der Waals surface area (Å²) >= 11 is 6.10. The molecule has 1 aromatic carbocycles. The Bertz CT molecular complexity index is 1090. The molecular weight excluding hydrogens is 429 g/mol. The summed E-state index contributed by atoms with van der Waals surface area (Å²) in [4.78, 5) is 18.2. The first kappa shape index (κ1) is 21.5. The summed E-state index contributed by atoms with van der Waals surface area (Å²) in [5.74, 6) is 0.467. The maximum absolute atomic E-state index is 13.1. The molecule has 1 aliphatic carbocycles. The van der Waals surface area contributed by atoms with Crippen molar-refractivity contribution in [2.45, 2.75) is 43.9 Å². The van der Waals surface area contributed by atoms with Crippen molar-refractivity contribution in [3.05, 3.63) is 64.9 Å². The Morgan fingerprint density at radius 2 is 1.84 bits per heavy atom. The smallest absolute Gasteiger partial charge is 0.358 e. The average Bonchev–Trinajstić information content (AvgIpc) is 3.19. The summed E-state index contributed by atoms with van der Waals surface area (Å²) in [5, 5.41) is 3.46. The third-order valence-electron chi connectivity index (χ3n) is 5.82. The summed E-state index contributed by atoms with van der Waals surface area (Å²) in [5.41, 5.74) is -0.188. The van der Waals surface area contributed by atoms with Gasteiger partial charge in [-0.1, -0.05) is 29.8 Å². The lowest BCUT2D eigenvalue weighted by Gasteiger charge is -2.36. The van der Waals surface area contributed by atoms with Gasteiger partial charge in [0.1, 0.15) is 11.5 Å². The van der Waals surface area contributed by atoms with E-state index in [1.165, 1.54) is 4.40 Å². The summed E-state index contributed by atoms with van der Waals surface area (Å²) in [6.45, 7) is 0. The zero-order valence-electron chi connectivity index (χ0n) is 16.9. The van der Waals surface area contributed by atoms with E-state index in [1.807, 2.05) is 11.9 Å². The molecular formula is C22H22ClF3N4O. The molecule has 0 spiro atoms. The molecule has 1 saturated carbocycles. The van der Waals surface area contributed by atoms with Gasteiger partial charge >= 0.3 is 6.18 Å². The number of amides is 1. The highest BCUT2D eigenvalue weighted by Crippen LogP contribution is 2.32. The maximum atomic E-state index is 13.1. The van der Waals surface area contributed by atoms with Gasteiger partial charge in [0, 0.05) is 25.3 Å². The highest BCUT2D eigenvalue weighted by molar-refractivity contribution is 6.33. The molecule has 31 heavy (non-hydrogen) atoms. The summed E-state index contributed by atoms with van der Waals surface area (Å²) in [6.07, 6.45) is -0.281. The van der Waals surface area contributed by atoms with Crippen LogP contribution in [0.3, 0.4) is 0 Å². The zero-order chi connectivity index (χ0) is 22.2. The van der Waals surface area contributed by atoms with Crippen LogP contribution in [0.2, 0.25) is 5.02 Å². The van der Waals surface area contributed by atoms with E-state index in [0.29, 0.717) is 16.4 Å². The lowest BCUT2D eigenvalue weighted by Crippen LogP contribution is -2.43. The number of imidazole rings is 1. The monoisotopic (exact) mass is 450 g/mol. The fraction of sp³-hybridized carbons (Fsp3) is 0.364. The SMILES string of the molecule is CN(c1cccc2nc(C(F)(F)F)cn12)[C@H]1CC[C@@H](NC(=O)c2ccccc2Cl)CC1. The van der Waals surface area contributed by atoms with Crippen molar-refractivity contribution in [3.8, 4) is 0 Å². The van der Waals surface area contributed by atoms with Crippen LogP contribution >= 0.6 is 11.6 Å². The fourth-order valence-electron chi connectivity index (χ4n) is 4.12. The topological polar surface area (TPSA) is 49.6 Å². The molecule has 1 amide bonds. The zero-order valence-corrected chi connectivity index (χ0v) is 17.6. The first-order chi connectivity index (χ1) is 14.7. The van der Waals surface area contributed by atoms with Gasteiger partial charge in [-0.2, -0.15) is 13.2 Å². The number of hydrogen-bond donors (Lipinski definition) is 1. The Hall–Kier alpha value is -2.74. The van der Waals surface area contributed by atoms with Crippen LogP contribution in [0, 0.1) is 0 Å². The van der Waals surface area contributed by atoms with Crippen LogP contribution in [0.25, 0.3) is 5.65 Å². The van der Waals surface area contributed by atoms with Crippen LogP contribution in [-0.4, -0.2) is 34.4 Å². The molecule has 2 heterocycles. The van der Waals surface area contributed by atoms with Gasteiger partial charge in [-0.05, 0) is 49.9 Å². The van der Waals surface area contributed by atoms with E-state index in [9.17, 15) is 18.0 Å². The molecule has 0 bridgehead atoms. The summed E-state index contributed by atoms with van der Waals surface area (Å²) in [6, 6.07) is 12.2. The minimum absolute atomic E-state index is 0.0364. The number of anilines is 1. The van der Waals surface area contributed by atoms with Crippen molar-refractivity contribution in [2.75, 3.05) is 11.9 Å². The predicted molar refractivity (Wildman–Crippen MR) is 114 cm³/mol. The molecule has 9 heteroatoms. The van der Waals surface area contributed by atoms with Gasteiger partial charge < -0.3 is 10.2 Å². The molecule has 0 saturated heterocycles. The quantitative estimate of drug-likeness (QED) is 0.595. The molecule has 1 fully saturated rings. The highest BCUT2D eigenvalue weighted by Gasteiger charge is 2.34. The summed E-state index contributed by atoms with van der Waals surface area (Å²) in [7, 11) is 1.88.